The summed E-state index contributed by atoms with van der Waals surface area (Å²) in [5.74, 6) is 7.07. The van der Waals surface area contributed by atoms with Gasteiger partial charge in [-0.25, -0.2) is 4.98 Å². The van der Waals surface area contributed by atoms with Crippen LogP contribution in [0.15, 0.2) is 52.0 Å². The highest BCUT2D eigenvalue weighted by Crippen LogP contribution is 2.22. The Kier molecular flexibility index (Phi) is 5.85. The normalized spacial score (nSPS) is 12.3. The molecule has 0 spiro atoms. The van der Waals surface area contributed by atoms with E-state index >= 15 is 0 Å². The highest BCUT2D eigenvalue weighted by molar-refractivity contribution is 9.10. The van der Waals surface area contributed by atoms with Crippen LogP contribution in [0.1, 0.15) is 5.56 Å². The van der Waals surface area contributed by atoms with Crippen molar-refractivity contribution in [2.75, 3.05) is 11.5 Å². The van der Waals surface area contributed by atoms with E-state index in [0.717, 1.165) is 22.2 Å². The van der Waals surface area contributed by atoms with E-state index < -0.39 is 0 Å². The molecule has 0 saturated heterocycles. The zero-order valence-electron chi connectivity index (χ0n) is 10.9. The van der Waals surface area contributed by atoms with Gasteiger partial charge in [0.05, 0.1) is 0 Å². The highest BCUT2D eigenvalue weighted by atomic mass is 79.9. The largest absolute Gasteiger partial charge is 0.383 e. The first-order valence-corrected chi connectivity index (χ1v) is 8.00. The zero-order valence-corrected chi connectivity index (χ0v) is 13.3. The van der Waals surface area contributed by atoms with Crippen LogP contribution in [0.3, 0.4) is 0 Å². The predicted octanol–water partition coefficient (Wildman–Crippen LogP) is 2.59. The van der Waals surface area contributed by atoms with Crippen molar-refractivity contribution in [1.82, 2.24) is 10.4 Å². The van der Waals surface area contributed by atoms with Crippen LogP contribution in [-0.4, -0.2) is 16.8 Å². The van der Waals surface area contributed by atoms with E-state index in [0.29, 0.717) is 5.82 Å². The Morgan fingerprint density at radius 2 is 2.00 bits per heavy atom. The lowest BCUT2D eigenvalue weighted by Crippen LogP contribution is -2.38. The Morgan fingerprint density at radius 3 is 2.65 bits per heavy atom. The third-order valence-corrected chi connectivity index (χ3v) is 4.60. The molecule has 6 heteroatoms. The van der Waals surface area contributed by atoms with Crippen LogP contribution in [0.5, 0.6) is 0 Å². The fourth-order valence-corrected chi connectivity index (χ4v) is 2.98. The van der Waals surface area contributed by atoms with Crippen molar-refractivity contribution >= 4 is 33.5 Å². The average molecular weight is 353 g/mol. The molecule has 0 radical (unpaired) electrons. The molecule has 4 nitrogen and oxygen atoms in total. The molecule has 0 aliphatic rings. The Labute approximate surface area is 131 Å². The molecule has 0 aliphatic heterocycles. The molecule has 1 heterocycles. The summed E-state index contributed by atoms with van der Waals surface area (Å²) < 4.78 is 1.08. The minimum atomic E-state index is 0.148. The van der Waals surface area contributed by atoms with Crippen LogP contribution >= 0.6 is 27.7 Å². The first kappa shape index (κ1) is 15.3. The number of benzene rings is 1. The van der Waals surface area contributed by atoms with Gasteiger partial charge in [0.1, 0.15) is 5.82 Å². The van der Waals surface area contributed by atoms with E-state index in [-0.39, 0.29) is 6.04 Å². The summed E-state index contributed by atoms with van der Waals surface area (Å²) in [6, 6.07) is 12.3. The second-order valence-corrected chi connectivity index (χ2v) is 6.39. The molecular weight excluding hydrogens is 336 g/mol. The Bertz CT molecular complexity index is 547. The van der Waals surface area contributed by atoms with Crippen molar-refractivity contribution in [3.63, 3.8) is 0 Å². The van der Waals surface area contributed by atoms with Crippen molar-refractivity contribution in [3.05, 3.63) is 52.6 Å². The average Bonchev–Trinajstić information content (AvgIpc) is 2.47. The van der Waals surface area contributed by atoms with Crippen LogP contribution in [-0.2, 0) is 6.42 Å². The number of anilines is 1. The fourth-order valence-electron chi connectivity index (χ4n) is 1.78. The third kappa shape index (κ3) is 4.49. The molecule has 2 rings (SSSR count). The maximum atomic E-state index is 5.86. The van der Waals surface area contributed by atoms with Gasteiger partial charge in [0.2, 0.25) is 0 Å². The molecule has 0 aliphatic carbocycles. The minimum Gasteiger partial charge on any atom is -0.383 e. The van der Waals surface area contributed by atoms with Crippen LogP contribution in [0.2, 0.25) is 0 Å². The molecule has 1 aromatic heterocycles. The smallest absolute Gasteiger partial charge is 0.126 e. The number of hydrogen-bond acceptors (Lipinski definition) is 5. The molecule has 0 saturated carbocycles. The number of nitrogens with zero attached hydrogens (tertiary/aromatic N) is 1. The first-order valence-electron chi connectivity index (χ1n) is 6.23. The quantitative estimate of drug-likeness (QED) is 0.423. The molecule has 0 bridgehead atoms. The summed E-state index contributed by atoms with van der Waals surface area (Å²) in [7, 11) is 0. The van der Waals surface area contributed by atoms with Crippen molar-refractivity contribution in [2.24, 2.45) is 5.84 Å². The fraction of sp³-hybridized carbons (Fsp3) is 0.214. The number of nitrogens with one attached hydrogen (secondary N) is 1. The number of nitrogens with two attached hydrogens (primary N) is 2. The van der Waals surface area contributed by atoms with Gasteiger partial charge >= 0.3 is 0 Å². The predicted molar refractivity (Wildman–Crippen MR) is 88.3 cm³/mol. The van der Waals surface area contributed by atoms with Gasteiger partial charge in [-0.05, 0) is 42.3 Å². The number of aromatic nitrogens is 1. The SMILES string of the molecule is NNC(CSc1ccc(Br)cc1)Cc1cccnc1N. The summed E-state index contributed by atoms with van der Waals surface area (Å²) in [5.41, 5.74) is 9.72. The summed E-state index contributed by atoms with van der Waals surface area (Å²) in [6.45, 7) is 0. The molecule has 20 heavy (non-hydrogen) atoms. The number of rotatable bonds is 6. The van der Waals surface area contributed by atoms with E-state index in [4.69, 9.17) is 11.6 Å². The minimum absolute atomic E-state index is 0.148. The summed E-state index contributed by atoms with van der Waals surface area (Å²) >= 11 is 5.19. The number of hydrazine groups is 1. The monoisotopic (exact) mass is 352 g/mol. The first-order chi connectivity index (χ1) is 9.69. The van der Waals surface area contributed by atoms with Crippen molar-refractivity contribution in [2.45, 2.75) is 17.4 Å². The number of pyridine rings is 1. The second kappa shape index (κ2) is 7.64. The van der Waals surface area contributed by atoms with E-state index in [1.54, 1.807) is 18.0 Å². The van der Waals surface area contributed by atoms with Crippen LogP contribution in [0, 0.1) is 0 Å². The van der Waals surface area contributed by atoms with Crippen LogP contribution < -0.4 is 17.0 Å². The summed E-state index contributed by atoms with van der Waals surface area (Å²) in [6.07, 6.45) is 2.46. The maximum Gasteiger partial charge on any atom is 0.126 e. The van der Waals surface area contributed by atoms with Gasteiger partial charge in [0.25, 0.3) is 0 Å². The Hall–Kier alpha value is -1.08. The Balaban J connectivity index is 1.92. The van der Waals surface area contributed by atoms with E-state index in [9.17, 15) is 0 Å². The molecule has 0 fully saturated rings. The van der Waals surface area contributed by atoms with Crippen molar-refractivity contribution in [1.29, 1.82) is 0 Å². The van der Waals surface area contributed by atoms with Crippen LogP contribution in [0.4, 0.5) is 5.82 Å². The second-order valence-electron chi connectivity index (χ2n) is 4.38. The topological polar surface area (TPSA) is 77.0 Å². The lowest BCUT2D eigenvalue weighted by atomic mass is 10.1. The van der Waals surface area contributed by atoms with Gasteiger partial charge in [0, 0.05) is 27.4 Å². The summed E-state index contributed by atoms with van der Waals surface area (Å²) in [4.78, 5) is 5.31. The number of halogens is 1. The lowest BCUT2D eigenvalue weighted by Gasteiger charge is -2.16. The number of thioether (sulfide) groups is 1. The Morgan fingerprint density at radius 1 is 1.25 bits per heavy atom. The van der Waals surface area contributed by atoms with Crippen molar-refractivity contribution in [3.8, 4) is 0 Å². The third-order valence-electron chi connectivity index (χ3n) is 2.89. The number of nitrogen functional groups attached to an aromatic ring is 1. The molecule has 106 valence electrons. The highest BCUT2D eigenvalue weighted by Gasteiger charge is 2.10. The van der Waals surface area contributed by atoms with Gasteiger partial charge in [-0.15, -0.1) is 11.8 Å². The van der Waals surface area contributed by atoms with E-state index in [1.807, 2.05) is 24.3 Å². The van der Waals surface area contributed by atoms with Gasteiger partial charge < -0.3 is 5.73 Å². The number of hydrogen-bond donors (Lipinski definition) is 3. The van der Waals surface area contributed by atoms with Crippen molar-refractivity contribution < 1.29 is 0 Å². The maximum absolute atomic E-state index is 5.86. The molecule has 0 amide bonds. The molecule has 1 atom stereocenters. The van der Waals surface area contributed by atoms with E-state index in [2.05, 4.69) is 38.5 Å². The van der Waals surface area contributed by atoms with Gasteiger partial charge in [0.15, 0.2) is 0 Å². The standard InChI is InChI=1S/C14H17BrN4S/c15-11-3-5-13(6-4-11)20-9-12(19-17)8-10-2-1-7-18-14(10)16/h1-7,12,19H,8-9,17H2,(H2,16,18). The molecular formula is C14H17BrN4S. The van der Waals surface area contributed by atoms with Gasteiger partial charge in [-0.3, -0.25) is 11.3 Å². The van der Waals surface area contributed by atoms with E-state index in [1.165, 1.54) is 4.90 Å². The van der Waals surface area contributed by atoms with Crippen LogP contribution in [0.25, 0.3) is 0 Å². The van der Waals surface area contributed by atoms with Gasteiger partial charge in [-0.2, -0.15) is 0 Å². The molecule has 1 unspecified atom stereocenters. The molecule has 5 N–H and O–H groups in total. The van der Waals surface area contributed by atoms with Gasteiger partial charge in [-0.1, -0.05) is 22.0 Å². The zero-order chi connectivity index (χ0) is 14.4. The summed E-state index contributed by atoms with van der Waals surface area (Å²) in [5, 5.41) is 0. The lowest BCUT2D eigenvalue weighted by molar-refractivity contribution is 0.575. The molecule has 1 aromatic carbocycles. The molecule has 2 aromatic rings.